The Morgan fingerprint density at radius 1 is 0.848 bits per heavy atom. The molecular weight excluding hydrogens is 645 g/mol. The monoisotopic (exact) mass is 680 g/mol. The maximum atomic E-state index is 6.41. The first-order valence-corrected chi connectivity index (χ1v) is 18.3. The molecule has 1 unspecified atom stereocenters. The number of hydrogen-bond donors (Lipinski definition) is 0. The summed E-state index contributed by atoms with van der Waals surface area (Å²) in [5.74, 6) is 0. The highest BCUT2D eigenvalue weighted by Crippen LogP contribution is 2.47. The van der Waals surface area contributed by atoms with Gasteiger partial charge in [-0.05, 0) is 105 Å². The molecule has 232 valence electrons. The van der Waals surface area contributed by atoms with E-state index in [9.17, 15) is 0 Å². The summed E-state index contributed by atoms with van der Waals surface area (Å²) < 4.78 is 3.61. The van der Waals surface area contributed by atoms with Crippen molar-refractivity contribution in [3.8, 4) is 0 Å². The molecule has 7 rings (SSSR count). The van der Waals surface area contributed by atoms with Crippen molar-refractivity contribution in [1.29, 1.82) is 0 Å². The molecule has 4 aromatic carbocycles. The largest absolute Gasteiger partial charge is 0.358 e. The summed E-state index contributed by atoms with van der Waals surface area (Å²) in [5.41, 5.74) is 8.78. The molecule has 5 aromatic rings. The van der Waals surface area contributed by atoms with Crippen molar-refractivity contribution in [2.45, 2.75) is 49.9 Å². The van der Waals surface area contributed by atoms with Gasteiger partial charge in [0.25, 0.3) is 5.01 Å². The van der Waals surface area contributed by atoms with Gasteiger partial charge in [-0.3, -0.25) is 0 Å². The number of anilines is 3. The Hall–Kier alpha value is -3.48. The van der Waals surface area contributed by atoms with Crippen molar-refractivity contribution < 1.29 is 4.57 Å². The van der Waals surface area contributed by atoms with Crippen LogP contribution in [0.3, 0.4) is 0 Å². The van der Waals surface area contributed by atoms with Gasteiger partial charge in [0.15, 0.2) is 0 Å². The fraction of sp³-hybridized carbons (Fsp3) is 0.205. The van der Waals surface area contributed by atoms with Gasteiger partial charge in [-0.2, -0.15) is 4.57 Å². The number of aromatic nitrogens is 1. The number of thioether (sulfide) groups is 1. The molecule has 0 saturated heterocycles. The van der Waals surface area contributed by atoms with Crippen LogP contribution in [0.1, 0.15) is 38.1 Å². The Morgan fingerprint density at radius 3 is 2.24 bits per heavy atom. The molecule has 2 aliphatic rings. The Labute approximate surface area is 290 Å². The van der Waals surface area contributed by atoms with Crippen LogP contribution in [0.25, 0.3) is 16.3 Å². The number of fused-ring (bicyclic) bond motifs is 2. The minimum atomic E-state index is 0.336. The number of para-hydroxylation sites is 2. The van der Waals surface area contributed by atoms with Gasteiger partial charge in [0.2, 0.25) is 5.52 Å². The lowest BCUT2D eigenvalue weighted by Gasteiger charge is -2.29. The summed E-state index contributed by atoms with van der Waals surface area (Å²) >= 11 is 16.6. The smallest absolute Gasteiger partial charge is 0.262 e. The lowest BCUT2D eigenvalue weighted by atomic mass is 10.1. The van der Waals surface area contributed by atoms with Crippen molar-refractivity contribution in [3.63, 3.8) is 0 Å². The quantitative estimate of drug-likeness (QED) is 0.143. The summed E-state index contributed by atoms with van der Waals surface area (Å²) in [6.45, 7) is 6.27. The molecule has 3 nitrogen and oxygen atoms in total. The molecule has 1 atom stereocenters. The lowest BCUT2D eigenvalue weighted by molar-refractivity contribution is -0.665. The van der Waals surface area contributed by atoms with E-state index in [1.54, 1.807) is 0 Å². The molecule has 1 aliphatic carbocycles. The second-order valence-electron chi connectivity index (χ2n) is 11.4. The zero-order valence-electron chi connectivity index (χ0n) is 26.0. The Kier molecular flexibility index (Phi) is 9.28. The highest BCUT2D eigenvalue weighted by atomic mass is 35.5. The zero-order valence-corrected chi connectivity index (χ0v) is 29.1. The molecule has 1 aliphatic heterocycles. The van der Waals surface area contributed by atoms with E-state index >= 15 is 0 Å². The van der Waals surface area contributed by atoms with Gasteiger partial charge >= 0.3 is 0 Å². The second kappa shape index (κ2) is 13.7. The second-order valence-corrected chi connectivity index (χ2v) is 14.6. The molecule has 0 spiro atoms. The average Bonchev–Trinajstić information content (AvgIpc) is 3.75. The first-order chi connectivity index (χ1) is 22.5. The summed E-state index contributed by atoms with van der Waals surface area (Å²) in [4.78, 5) is 6.25. The predicted octanol–water partition coefficient (Wildman–Crippen LogP) is 11.7. The molecule has 7 heteroatoms. The third-order valence-electron chi connectivity index (χ3n) is 8.71. The van der Waals surface area contributed by atoms with Gasteiger partial charge in [0.05, 0.1) is 16.8 Å². The van der Waals surface area contributed by atoms with E-state index in [1.807, 2.05) is 35.2 Å². The topological polar surface area (TPSA) is 10.4 Å². The molecule has 0 saturated carbocycles. The van der Waals surface area contributed by atoms with Crippen LogP contribution in [0, 0.1) is 0 Å². The Morgan fingerprint density at radius 2 is 1.54 bits per heavy atom. The molecule has 0 N–H and O–H groups in total. The predicted molar refractivity (Wildman–Crippen MR) is 200 cm³/mol. The third-order valence-corrected chi connectivity index (χ3v) is 11.6. The normalized spacial score (nSPS) is 17.2. The van der Waals surface area contributed by atoms with E-state index in [-0.39, 0.29) is 0 Å². The molecule has 2 heterocycles. The molecular formula is C39H36Cl2N3S2+. The van der Waals surface area contributed by atoms with E-state index in [0.29, 0.717) is 5.37 Å². The number of thiazole rings is 1. The van der Waals surface area contributed by atoms with E-state index < -0.39 is 0 Å². The summed E-state index contributed by atoms with van der Waals surface area (Å²) in [6.07, 6.45) is 10.1. The van der Waals surface area contributed by atoms with Gasteiger partial charge in [-0.1, -0.05) is 88.8 Å². The molecule has 0 amide bonds. The van der Waals surface area contributed by atoms with Crippen molar-refractivity contribution in [1.82, 2.24) is 0 Å². The van der Waals surface area contributed by atoms with Crippen molar-refractivity contribution in [2.24, 2.45) is 0 Å². The van der Waals surface area contributed by atoms with Crippen LogP contribution in [0.15, 0.2) is 131 Å². The van der Waals surface area contributed by atoms with E-state index in [4.69, 9.17) is 23.2 Å². The third kappa shape index (κ3) is 6.14. The van der Waals surface area contributed by atoms with Crippen molar-refractivity contribution in [2.75, 3.05) is 16.3 Å². The van der Waals surface area contributed by atoms with Gasteiger partial charge in [-0.15, -0.1) is 0 Å². The van der Waals surface area contributed by atoms with Gasteiger partial charge in [-0.25, -0.2) is 0 Å². The van der Waals surface area contributed by atoms with Crippen LogP contribution < -0.4 is 14.4 Å². The number of rotatable bonds is 9. The highest BCUT2D eigenvalue weighted by Gasteiger charge is 2.31. The van der Waals surface area contributed by atoms with Crippen molar-refractivity contribution in [3.05, 3.63) is 141 Å². The fourth-order valence-electron chi connectivity index (χ4n) is 6.59. The molecule has 0 radical (unpaired) electrons. The fourth-order valence-corrected chi connectivity index (χ4v) is 9.35. The molecule has 0 bridgehead atoms. The Balaban J connectivity index is 1.31. The highest BCUT2D eigenvalue weighted by molar-refractivity contribution is 8.00. The average molecular weight is 682 g/mol. The lowest BCUT2D eigenvalue weighted by Crippen LogP contribution is -2.33. The van der Waals surface area contributed by atoms with Crippen LogP contribution in [-0.2, 0) is 6.54 Å². The molecule has 0 fully saturated rings. The van der Waals surface area contributed by atoms with Crippen LogP contribution in [0.5, 0.6) is 0 Å². The summed E-state index contributed by atoms with van der Waals surface area (Å²) in [5, 5.41) is 3.13. The SMILES string of the molecule is CCN1c2cc(Cl)ccc2SC1CC=C1CCC(/C=C/c2sc3ccc(Cl)cc3[n+]2CC)=C1N(c1ccccc1)c1ccccc1. The van der Waals surface area contributed by atoms with Crippen LogP contribution >= 0.6 is 46.3 Å². The molecule has 1 aromatic heterocycles. The standard InChI is InChI=1S/C39H36Cl2N3S2/c1-3-42-33-25-29(40)19-21-35(33)45-37(42)23-17-27-15-16-28(18-24-38-43(4-2)34-26-30(41)20-22-36(34)46-38)39(27)44(31-11-7-5-8-12-31)32-13-9-6-10-14-32/h5-14,17-23,25-26,38H,3-4,15-16,24H2,1-2H3/q+1. The number of halogens is 2. The van der Waals surface area contributed by atoms with Crippen molar-refractivity contribution >= 4 is 79.7 Å². The van der Waals surface area contributed by atoms with Crippen LogP contribution in [0.2, 0.25) is 10.0 Å². The summed E-state index contributed by atoms with van der Waals surface area (Å²) in [7, 11) is 0. The first-order valence-electron chi connectivity index (χ1n) is 15.9. The number of allylic oxidation sites excluding steroid dienone is 3. The maximum Gasteiger partial charge on any atom is 0.262 e. The van der Waals surface area contributed by atoms with E-state index in [2.05, 4.69) is 131 Å². The minimum Gasteiger partial charge on any atom is -0.358 e. The molecule has 46 heavy (non-hydrogen) atoms. The van der Waals surface area contributed by atoms with E-state index in [1.165, 1.54) is 42.7 Å². The van der Waals surface area contributed by atoms with Gasteiger partial charge in [0.1, 0.15) is 11.2 Å². The maximum absolute atomic E-state index is 6.41. The number of benzene rings is 4. The van der Waals surface area contributed by atoms with E-state index in [0.717, 1.165) is 53.8 Å². The van der Waals surface area contributed by atoms with Crippen LogP contribution in [-0.4, -0.2) is 11.9 Å². The van der Waals surface area contributed by atoms with Crippen LogP contribution in [0.4, 0.5) is 17.1 Å². The number of hydrogen-bond acceptors (Lipinski definition) is 4. The van der Waals surface area contributed by atoms with Gasteiger partial charge < -0.3 is 9.80 Å². The first kappa shape index (κ1) is 31.1. The summed E-state index contributed by atoms with van der Waals surface area (Å²) in [6, 6.07) is 34.0. The number of aryl methyl sites for hydroxylation is 1. The number of nitrogens with zero attached hydrogens (tertiary/aromatic N) is 3. The van der Waals surface area contributed by atoms with Gasteiger partial charge in [0, 0.05) is 45.0 Å². The minimum absolute atomic E-state index is 0.336. The Bertz CT molecular complexity index is 1920. The zero-order chi connectivity index (χ0) is 31.6.